The average molecular weight is 501 g/mol. The molecule has 2 aliphatic rings. The predicted molar refractivity (Wildman–Crippen MR) is 126 cm³/mol. The molecule has 3 aromatic rings. The molecule has 2 atom stereocenters. The molecule has 8 nitrogen and oxygen atoms in total. The van der Waals surface area contributed by atoms with Gasteiger partial charge in [0.25, 0.3) is 5.91 Å². The van der Waals surface area contributed by atoms with Gasteiger partial charge in [0, 0.05) is 16.7 Å². The van der Waals surface area contributed by atoms with Crippen molar-refractivity contribution in [2.45, 2.75) is 22.0 Å². The molecule has 0 bridgehead atoms. The highest BCUT2D eigenvalue weighted by Gasteiger charge is 2.54. The molecule has 2 N–H and O–H groups in total. The molecule has 33 heavy (non-hydrogen) atoms. The molecule has 1 unspecified atom stereocenters. The number of carbonyl (C=O) groups excluding carboxylic acids is 2. The lowest BCUT2D eigenvalue weighted by Crippen LogP contribution is -2.70. The second-order valence-electron chi connectivity index (χ2n) is 7.34. The van der Waals surface area contributed by atoms with Gasteiger partial charge in [0.2, 0.25) is 11.3 Å². The zero-order chi connectivity index (χ0) is 23.1. The molecule has 11 heteroatoms. The Morgan fingerprint density at radius 2 is 2.00 bits per heavy atom. The zero-order valence-corrected chi connectivity index (χ0v) is 19.3. The van der Waals surface area contributed by atoms with Crippen molar-refractivity contribution in [1.29, 1.82) is 0 Å². The standard InChI is InChI=1S/C22H16N2O6S3/c25-12-9-16(32-13-6-7-30-19(12)13)33-14-10-31-21-17(20(27)24(21)18(14)22(28)29)23-15(26)8-11-4-2-1-3-5-11/h1-7,9,17,21H,8,10H2,(H,23,26)(H,28,29)/t17?,21-/m1/s1. The summed E-state index contributed by atoms with van der Waals surface area (Å²) in [7, 11) is 0. The van der Waals surface area contributed by atoms with Crippen LogP contribution in [0.5, 0.6) is 0 Å². The molecule has 1 aromatic carbocycles. The van der Waals surface area contributed by atoms with E-state index >= 15 is 0 Å². The number of carboxylic acids is 1. The second-order valence-corrected chi connectivity index (χ2v) is 10.9. The van der Waals surface area contributed by atoms with Crippen molar-refractivity contribution in [1.82, 2.24) is 10.2 Å². The molecule has 5 rings (SSSR count). The first-order valence-corrected chi connectivity index (χ1v) is 12.5. The van der Waals surface area contributed by atoms with Gasteiger partial charge in [-0.25, -0.2) is 4.79 Å². The Labute approximate surface area is 199 Å². The van der Waals surface area contributed by atoms with Crippen molar-refractivity contribution in [3.8, 4) is 0 Å². The summed E-state index contributed by atoms with van der Waals surface area (Å²) in [6.07, 6.45) is 1.57. The van der Waals surface area contributed by atoms with Crippen molar-refractivity contribution < 1.29 is 23.9 Å². The van der Waals surface area contributed by atoms with E-state index in [-0.39, 0.29) is 29.0 Å². The van der Waals surface area contributed by atoms with E-state index in [9.17, 15) is 24.3 Å². The number of carbonyl (C=O) groups is 3. The molecule has 168 valence electrons. The first-order valence-electron chi connectivity index (χ1n) is 9.86. The lowest BCUT2D eigenvalue weighted by Gasteiger charge is -2.49. The Hall–Kier alpha value is -3.02. The highest BCUT2D eigenvalue weighted by molar-refractivity contribution is 8.07. The number of rotatable bonds is 6. The molecule has 2 aromatic heterocycles. The number of hydrogen-bond acceptors (Lipinski definition) is 8. The van der Waals surface area contributed by atoms with E-state index in [1.54, 1.807) is 6.07 Å². The van der Waals surface area contributed by atoms with Gasteiger partial charge < -0.3 is 14.8 Å². The minimum Gasteiger partial charge on any atom is -0.477 e. The Balaban J connectivity index is 1.35. The van der Waals surface area contributed by atoms with E-state index in [0.29, 0.717) is 19.6 Å². The minimum atomic E-state index is -1.22. The third kappa shape index (κ3) is 4.07. The second kappa shape index (κ2) is 8.73. The van der Waals surface area contributed by atoms with Crippen LogP contribution < -0.4 is 10.7 Å². The van der Waals surface area contributed by atoms with Gasteiger partial charge in [-0.2, -0.15) is 0 Å². The van der Waals surface area contributed by atoms with Crippen LogP contribution >= 0.6 is 34.9 Å². The highest BCUT2D eigenvalue weighted by atomic mass is 32.2. The van der Waals surface area contributed by atoms with Crippen molar-refractivity contribution in [3.05, 3.63) is 75.1 Å². The number of β-lactam (4-membered cyclic amide) rings is 1. The Morgan fingerprint density at radius 3 is 2.76 bits per heavy atom. The van der Waals surface area contributed by atoms with Crippen LogP contribution in [0.3, 0.4) is 0 Å². The maximum absolute atomic E-state index is 12.8. The van der Waals surface area contributed by atoms with Crippen LogP contribution in [-0.4, -0.2) is 45.0 Å². The van der Waals surface area contributed by atoms with Crippen LogP contribution in [0.1, 0.15) is 5.56 Å². The highest BCUT2D eigenvalue weighted by Crippen LogP contribution is 2.46. The van der Waals surface area contributed by atoms with Crippen molar-refractivity contribution in [3.63, 3.8) is 0 Å². The van der Waals surface area contributed by atoms with Crippen molar-refractivity contribution in [2.75, 3.05) is 5.75 Å². The van der Waals surface area contributed by atoms with Crippen molar-refractivity contribution in [2.24, 2.45) is 0 Å². The molecule has 0 saturated carbocycles. The number of fused-ring (bicyclic) bond motifs is 2. The van der Waals surface area contributed by atoms with E-state index in [1.165, 1.54) is 52.1 Å². The Kier molecular flexibility index (Phi) is 5.77. The van der Waals surface area contributed by atoms with Gasteiger partial charge in [0.1, 0.15) is 17.1 Å². The lowest BCUT2D eigenvalue weighted by molar-refractivity contribution is -0.150. The first kappa shape index (κ1) is 21.8. The third-order valence-electron chi connectivity index (χ3n) is 5.20. The normalized spacial score (nSPS) is 19.9. The van der Waals surface area contributed by atoms with Gasteiger partial charge in [0.15, 0.2) is 5.58 Å². The van der Waals surface area contributed by atoms with Crippen LogP contribution in [0, 0.1) is 0 Å². The number of hydrogen-bond donors (Lipinski definition) is 2. The minimum absolute atomic E-state index is 0.103. The topological polar surface area (TPSA) is 117 Å². The third-order valence-corrected chi connectivity index (χ3v) is 8.92. The number of nitrogens with one attached hydrogen (secondary N) is 1. The number of furan rings is 1. The number of benzene rings is 1. The summed E-state index contributed by atoms with van der Waals surface area (Å²) in [5.41, 5.74) is 0.709. The number of carboxylic acid groups (broad SMARTS) is 1. The summed E-state index contributed by atoms with van der Waals surface area (Å²) in [5, 5.41) is 12.1. The molecule has 0 aliphatic carbocycles. The maximum atomic E-state index is 12.8. The SMILES string of the molecule is O=C(Cc1ccccc1)NC1C(=O)N2C(C(=O)O)=C(Sc3cc(=O)c4occc4s3)CS[C@H]12. The van der Waals surface area contributed by atoms with Gasteiger partial charge >= 0.3 is 5.97 Å². The summed E-state index contributed by atoms with van der Waals surface area (Å²) in [5.74, 6) is -1.63. The lowest BCUT2D eigenvalue weighted by atomic mass is 10.0. The fourth-order valence-electron chi connectivity index (χ4n) is 3.71. The zero-order valence-electron chi connectivity index (χ0n) is 16.8. The summed E-state index contributed by atoms with van der Waals surface area (Å²) in [6, 6.07) is 11.5. The van der Waals surface area contributed by atoms with E-state index < -0.39 is 23.3 Å². The van der Waals surface area contributed by atoms with E-state index in [2.05, 4.69) is 5.32 Å². The molecule has 4 heterocycles. The van der Waals surface area contributed by atoms with Crippen LogP contribution in [0.4, 0.5) is 0 Å². The molecule has 0 radical (unpaired) electrons. The van der Waals surface area contributed by atoms with Gasteiger partial charge in [-0.05, 0) is 11.6 Å². The molecular weight excluding hydrogens is 484 g/mol. The van der Waals surface area contributed by atoms with Crippen LogP contribution in [0.2, 0.25) is 0 Å². The summed E-state index contributed by atoms with van der Waals surface area (Å²) in [4.78, 5) is 51.2. The molecular formula is C22H16N2O6S3. The maximum Gasteiger partial charge on any atom is 0.353 e. The number of aliphatic carboxylic acids is 1. The predicted octanol–water partition coefficient (Wildman–Crippen LogP) is 2.89. The van der Waals surface area contributed by atoms with Gasteiger partial charge in [-0.15, -0.1) is 23.1 Å². The Morgan fingerprint density at radius 1 is 1.21 bits per heavy atom. The van der Waals surface area contributed by atoms with Gasteiger partial charge in [-0.1, -0.05) is 42.1 Å². The monoisotopic (exact) mass is 500 g/mol. The smallest absolute Gasteiger partial charge is 0.353 e. The Bertz CT molecular complexity index is 1360. The summed E-state index contributed by atoms with van der Waals surface area (Å²) >= 11 is 3.87. The van der Waals surface area contributed by atoms with E-state index in [4.69, 9.17) is 4.42 Å². The van der Waals surface area contributed by atoms with E-state index in [1.807, 2.05) is 30.3 Å². The number of nitrogens with zero attached hydrogens (tertiary/aromatic N) is 1. The molecule has 1 saturated heterocycles. The molecule has 1 fully saturated rings. The average Bonchev–Trinajstić information content (AvgIpc) is 3.27. The van der Waals surface area contributed by atoms with Crippen LogP contribution in [0.15, 0.2) is 72.8 Å². The van der Waals surface area contributed by atoms with Gasteiger partial charge in [-0.3, -0.25) is 19.3 Å². The fourth-order valence-corrected chi connectivity index (χ4v) is 7.53. The number of thioether (sulfide) groups is 2. The molecule has 2 aliphatic heterocycles. The summed E-state index contributed by atoms with van der Waals surface area (Å²) < 4.78 is 6.46. The van der Waals surface area contributed by atoms with Crippen LogP contribution in [-0.2, 0) is 20.8 Å². The first-order chi connectivity index (χ1) is 15.9. The largest absolute Gasteiger partial charge is 0.477 e. The van der Waals surface area contributed by atoms with Crippen LogP contribution in [0.25, 0.3) is 10.3 Å². The van der Waals surface area contributed by atoms with Gasteiger partial charge in [0.05, 0.1) is 21.6 Å². The fraction of sp³-hybridized carbons (Fsp3) is 0.182. The number of amides is 2. The molecule has 2 amide bonds. The quantitative estimate of drug-likeness (QED) is 0.497. The summed E-state index contributed by atoms with van der Waals surface area (Å²) in [6.45, 7) is 0. The van der Waals surface area contributed by atoms with Crippen molar-refractivity contribution >= 4 is 62.9 Å². The van der Waals surface area contributed by atoms with E-state index in [0.717, 1.165) is 5.56 Å². The molecule has 0 spiro atoms.